The summed E-state index contributed by atoms with van der Waals surface area (Å²) in [5.41, 5.74) is 0.325. The Bertz CT molecular complexity index is 579. The van der Waals surface area contributed by atoms with Crippen molar-refractivity contribution in [1.82, 2.24) is 0 Å². The van der Waals surface area contributed by atoms with E-state index in [2.05, 4.69) is 9.98 Å². The molecule has 8 nitrogen and oxygen atoms in total. The first-order chi connectivity index (χ1) is 10.7. The fourth-order valence-corrected chi connectivity index (χ4v) is 1.40. The van der Waals surface area contributed by atoms with E-state index in [0.29, 0.717) is 0 Å². The Hall–Kier alpha value is -3.08. The number of rotatable bonds is 8. The summed E-state index contributed by atoms with van der Waals surface area (Å²) in [7, 11) is 0. The molecule has 0 saturated heterocycles. The van der Waals surface area contributed by atoms with Crippen LogP contribution in [0.25, 0.3) is 0 Å². The second-order valence-electron chi connectivity index (χ2n) is 3.80. The van der Waals surface area contributed by atoms with Gasteiger partial charge in [0, 0.05) is 0 Å². The maximum Gasteiger partial charge on any atom is 0.338 e. The van der Waals surface area contributed by atoms with Gasteiger partial charge in [-0.2, -0.15) is 0 Å². The first-order valence-corrected chi connectivity index (χ1v) is 6.20. The standard InChI is InChI=1S/C14H12N2O6/c17-9-15-4-6-21-13(19)11-2-1-3-12(8-11)14(20)22-7-5-16-10-18/h1-3,8H,4-7H2. The molecule has 0 aliphatic carbocycles. The third-order valence-electron chi connectivity index (χ3n) is 2.34. The molecule has 0 aliphatic heterocycles. The Morgan fingerprint density at radius 3 is 1.77 bits per heavy atom. The van der Waals surface area contributed by atoms with Gasteiger partial charge in [-0.1, -0.05) is 6.07 Å². The average molecular weight is 304 g/mol. The SMILES string of the molecule is O=C=NCCOC(=O)c1cccc(C(=O)OCCN=C=O)c1. The summed E-state index contributed by atoms with van der Waals surface area (Å²) < 4.78 is 9.71. The third-order valence-corrected chi connectivity index (χ3v) is 2.34. The van der Waals surface area contributed by atoms with E-state index in [9.17, 15) is 19.2 Å². The Morgan fingerprint density at radius 1 is 0.909 bits per heavy atom. The molecule has 0 heterocycles. The molecule has 1 rings (SSSR count). The van der Waals surface area contributed by atoms with E-state index in [-0.39, 0.29) is 37.4 Å². The van der Waals surface area contributed by atoms with Crippen molar-refractivity contribution in [3.05, 3.63) is 35.4 Å². The van der Waals surface area contributed by atoms with Crippen molar-refractivity contribution in [3.8, 4) is 0 Å². The van der Waals surface area contributed by atoms with Gasteiger partial charge in [-0.3, -0.25) is 0 Å². The van der Waals surface area contributed by atoms with E-state index < -0.39 is 11.9 Å². The first kappa shape index (κ1) is 17.0. The second-order valence-corrected chi connectivity index (χ2v) is 3.80. The van der Waals surface area contributed by atoms with Gasteiger partial charge in [0.2, 0.25) is 12.2 Å². The summed E-state index contributed by atoms with van der Waals surface area (Å²) in [4.78, 5) is 49.6. The number of benzene rings is 1. The van der Waals surface area contributed by atoms with Crippen LogP contribution in [0.2, 0.25) is 0 Å². The van der Waals surface area contributed by atoms with Crippen LogP contribution in [0, 0.1) is 0 Å². The number of carbonyl (C=O) groups excluding carboxylic acids is 4. The lowest BCUT2D eigenvalue weighted by Crippen LogP contribution is -2.11. The number of esters is 2. The van der Waals surface area contributed by atoms with E-state index in [0.717, 1.165) is 0 Å². The quantitative estimate of drug-likeness (QED) is 0.302. The van der Waals surface area contributed by atoms with Gasteiger partial charge < -0.3 is 9.47 Å². The van der Waals surface area contributed by atoms with Gasteiger partial charge in [-0.05, 0) is 18.2 Å². The summed E-state index contributed by atoms with van der Waals surface area (Å²) in [5, 5.41) is 0. The number of hydrogen-bond acceptors (Lipinski definition) is 8. The highest BCUT2D eigenvalue weighted by atomic mass is 16.5. The number of nitrogens with zero attached hydrogens (tertiary/aromatic N) is 2. The predicted molar refractivity (Wildman–Crippen MR) is 73.0 cm³/mol. The lowest BCUT2D eigenvalue weighted by Gasteiger charge is -2.05. The number of aliphatic imine (C=N–C) groups is 2. The molecular weight excluding hydrogens is 292 g/mol. The number of ether oxygens (including phenoxy) is 2. The van der Waals surface area contributed by atoms with Gasteiger partial charge in [0.25, 0.3) is 0 Å². The zero-order valence-electron chi connectivity index (χ0n) is 11.5. The monoisotopic (exact) mass is 304 g/mol. The van der Waals surface area contributed by atoms with Gasteiger partial charge in [-0.25, -0.2) is 29.2 Å². The molecule has 1 aromatic carbocycles. The molecule has 0 amide bonds. The van der Waals surface area contributed by atoms with Crippen molar-refractivity contribution in [2.45, 2.75) is 0 Å². The smallest absolute Gasteiger partial charge is 0.338 e. The highest BCUT2D eigenvalue weighted by Crippen LogP contribution is 2.08. The Balaban J connectivity index is 2.60. The summed E-state index contributed by atoms with van der Waals surface area (Å²) in [5.74, 6) is -1.30. The fraction of sp³-hybridized carbons (Fsp3) is 0.286. The molecule has 0 atom stereocenters. The molecule has 0 radical (unpaired) electrons. The van der Waals surface area contributed by atoms with Crippen LogP contribution in [0.1, 0.15) is 20.7 Å². The van der Waals surface area contributed by atoms with Crippen LogP contribution >= 0.6 is 0 Å². The zero-order chi connectivity index (χ0) is 16.2. The highest BCUT2D eigenvalue weighted by Gasteiger charge is 2.12. The Labute approximate surface area is 125 Å². The minimum Gasteiger partial charge on any atom is -0.460 e. The van der Waals surface area contributed by atoms with E-state index in [1.807, 2.05) is 0 Å². The van der Waals surface area contributed by atoms with E-state index in [1.54, 1.807) is 0 Å². The Kier molecular flexibility index (Phi) is 7.53. The molecule has 0 saturated carbocycles. The molecule has 1 aromatic rings. The largest absolute Gasteiger partial charge is 0.460 e. The normalized spacial score (nSPS) is 9.09. The molecule has 0 bridgehead atoms. The minimum absolute atomic E-state index is 0.0220. The summed E-state index contributed by atoms with van der Waals surface area (Å²) in [6.07, 6.45) is 2.65. The van der Waals surface area contributed by atoms with Crippen LogP contribution < -0.4 is 0 Å². The van der Waals surface area contributed by atoms with Gasteiger partial charge >= 0.3 is 11.9 Å². The van der Waals surface area contributed by atoms with Crippen molar-refractivity contribution in [2.75, 3.05) is 26.3 Å². The first-order valence-electron chi connectivity index (χ1n) is 6.20. The van der Waals surface area contributed by atoms with Gasteiger partial charge in [0.15, 0.2) is 0 Å². The molecule has 0 spiro atoms. The molecule has 0 aromatic heterocycles. The minimum atomic E-state index is -0.652. The van der Waals surface area contributed by atoms with Crippen LogP contribution in [-0.4, -0.2) is 50.4 Å². The predicted octanol–water partition coefficient (Wildman–Crippen LogP) is 0.672. The van der Waals surface area contributed by atoms with Gasteiger partial charge in [0.1, 0.15) is 13.2 Å². The van der Waals surface area contributed by atoms with E-state index in [4.69, 9.17) is 9.47 Å². The molecular formula is C14H12N2O6. The van der Waals surface area contributed by atoms with Crippen molar-refractivity contribution in [1.29, 1.82) is 0 Å². The maximum atomic E-state index is 11.7. The number of isocyanates is 2. The summed E-state index contributed by atoms with van der Waals surface area (Å²) in [6.45, 7) is -0.0820. The van der Waals surface area contributed by atoms with Crippen molar-refractivity contribution in [2.24, 2.45) is 9.98 Å². The second kappa shape index (κ2) is 9.77. The summed E-state index contributed by atoms with van der Waals surface area (Å²) in [6, 6.07) is 5.76. The third kappa shape index (κ3) is 5.92. The number of hydrogen-bond donors (Lipinski definition) is 0. The molecule has 0 aliphatic rings. The highest BCUT2D eigenvalue weighted by molar-refractivity contribution is 5.95. The lowest BCUT2D eigenvalue weighted by atomic mass is 10.1. The van der Waals surface area contributed by atoms with Gasteiger partial charge in [-0.15, -0.1) is 0 Å². The molecule has 0 unspecified atom stereocenters. The number of carbonyl (C=O) groups is 2. The molecule has 0 N–H and O–H groups in total. The van der Waals surface area contributed by atoms with E-state index in [1.165, 1.54) is 36.4 Å². The van der Waals surface area contributed by atoms with Crippen LogP contribution in [0.4, 0.5) is 0 Å². The lowest BCUT2D eigenvalue weighted by molar-refractivity contribution is 0.0515. The summed E-state index contributed by atoms with van der Waals surface area (Å²) >= 11 is 0. The van der Waals surface area contributed by atoms with Crippen LogP contribution in [0.15, 0.2) is 34.3 Å². The molecule has 8 heteroatoms. The van der Waals surface area contributed by atoms with Crippen molar-refractivity contribution in [3.63, 3.8) is 0 Å². The average Bonchev–Trinajstić information content (AvgIpc) is 2.55. The molecule has 0 fully saturated rings. The fourth-order valence-electron chi connectivity index (χ4n) is 1.40. The van der Waals surface area contributed by atoms with Crippen molar-refractivity contribution >= 4 is 24.1 Å². The van der Waals surface area contributed by atoms with Crippen LogP contribution in [0.3, 0.4) is 0 Å². The maximum absolute atomic E-state index is 11.7. The zero-order valence-corrected chi connectivity index (χ0v) is 11.5. The van der Waals surface area contributed by atoms with Crippen molar-refractivity contribution < 1.29 is 28.7 Å². The Morgan fingerprint density at radius 2 is 1.36 bits per heavy atom. The molecule has 114 valence electrons. The van der Waals surface area contributed by atoms with Gasteiger partial charge in [0.05, 0.1) is 24.2 Å². The van der Waals surface area contributed by atoms with Crippen LogP contribution in [0.5, 0.6) is 0 Å². The molecule has 22 heavy (non-hydrogen) atoms. The topological polar surface area (TPSA) is 111 Å². The van der Waals surface area contributed by atoms with Crippen LogP contribution in [-0.2, 0) is 19.1 Å². The van der Waals surface area contributed by atoms with E-state index >= 15 is 0 Å².